The fourth-order valence-corrected chi connectivity index (χ4v) is 4.60. The van der Waals surface area contributed by atoms with Gasteiger partial charge in [0.1, 0.15) is 11.2 Å². The van der Waals surface area contributed by atoms with Crippen molar-refractivity contribution in [1.29, 1.82) is 0 Å². The number of piperidine rings is 1. The van der Waals surface area contributed by atoms with E-state index < -0.39 is 5.69 Å². The average molecular weight is 422 g/mol. The summed E-state index contributed by atoms with van der Waals surface area (Å²) in [6.07, 6.45) is 2.96. The van der Waals surface area contributed by atoms with Gasteiger partial charge in [-0.2, -0.15) is 0 Å². The second kappa shape index (κ2) is 8.69. The smallest absolute Gasteiger partial charge is 0.333 e. The monoisotopic (exact) mass is 421 g/mol. The van der Waals surface area contributed by atoms with Gasteiger partial charge < -0.3 is 10.2 Å². The number of fused-ring (bicyclic) bond motifs is 1. The van der Waals surface area contributed by atoms with Crippen molar-refractivity contribution in [3.05, 3.63) is 20.8 Å². The van der Waals surface area contributed by atoms with Crippen molar-refractivity contribution in [2.45, 2.75) is 72.5 Å². The molecule has 1 aliphatic rings. The van der Waals surface area contributed by atoms with E-state index in [4.69, 9.17) is 0 Å². The Morgan fingerprint density at radius 1 is 1.24 bits per heavy atom. The highest BCUT2D eigenvalue weighted by Gasteiger charge is 2.24. The molecule has 0 aliphatic carbocycles. The summed E-state index contributed by atoms with van der Waals surface area (Å²) < 4.78 is 3.00. The number of rotatable bonds is 6. The summed E-state index contributed by atoms with van der Waals surface area (Å²) in [6.45, 7) is 11.4. The number of thiazole rings is 1. The normalized spacial score (nSPS) is 16.6. The highest BCUT2D eigenvalue weighted by molar-refractivity contribution is 7.22. The molecule has 0 spiro atoms. The van der Waals surface area contributed by atoms with E-state index in [2.05, 4.69) is 22.1 Å². The summed E-state index contributed by atoms with van der Waals surface area (Å²) in [4.78, 5) is 45.4. The van der Waals surface area contributed by atoms with Crippen molar-refractivity contribution in [2.24, 2.45) is 5.92 Å². The summed E-state index contributed by atoms with van der Waals surface area (Å²) in [6, 6.07) is -0.282. The Kier molecular flexibility index (Phi) is 6.45. The van der Waals surface area contributed by atoms with Gasteiger partial charge in [0.2, 0.25) is 5.91 Å². The lowest BCUT2D eigenvalue weighted by Gasteiger charge is -2.29. The van der Waals surface area contributed by atoms with Gasteiger partial charge >= 0.3 is 5.69 Å². The van der Waals surface area contributed by atoms with Gasteiger partial charge in [0.05, 0.1) is 0 Å². The molecular formula is C20H31N5O3S. The number of carbonyl (C=O) groups excluding carboxylic acids is 1. The Morgan fingerprint density at radius 2 is 1.90 bits per heavy atom. The molecule has 1 amide bonds. The Balaban J connectivity index is 2.08. The number of nitrogens with one attached hydrogen (secondary N) is 1. The van der Waals surface area contributed by atoms with E-state index in [9.17, 15) is 14.4 Å². The number of anilines is 1. The Morgan fingerprint density at radius 3 is 2.48 bits per heavy atom. The minimum atomic E-state index is -0.485. The molecule has 9 heteroatoms. The molecule has 1 unspecified atom stereocenters. The number of hydrogen-bond donors (Lipinski definition) is 1. The minimum Gasteiger partial charge on any atom is -0.352 e. The first kappa shape index (κ1) is 21.5. The van der Waals surface area contributed by atoms with Crippen LogP contribution in [-0.2, 0) is 11.3 Å². The van der Waals surface area contributed by atoms with Gasteiger partial charge in [0.15, 0.2) is 10.8 Å². The van der Waals surface area contributed by atoms with Gasteiger partial charge in [-0.15, -0.1) is 0 Å². The lowest BCUT2D eigenvalue weighted by atomic mass is 10.00. The van der Waals surface area contributed by atoms with Gasteiger partial charge in [-0.25, -0.2) is 9.78 Å². The standard InChI is InChI=1S/C20H31N5O3S/c1-6-14(5)21-15(26)11-24-17-16(18(27)25(12(2)3)20(24)28)29-19(22-17)23-9-7-13(4)8-10-23/h12-14H,6-11H2,1-5H3,(H,21,26). The van der Waals surface area contributed by atoms with E-state index in [-0.39, 0.29) is 30.1 Å². The maximum absolute atomic E-state index is 13.1. The molecule has 1 aliphatic heterocycles. The quantitative estimate of drug-likeness (QED) is 0.773. The fourth-order valence-electron chi connectivity index (χ4n) is 3.54. The molecule has 1 saturated heterocycles. The molecule has 29 heavy (non-hydrogen) atoms. The zero-order valence-electron chi connectivity index (χ0n) is 17.9. The molecule has 160 valence electrons. The molecule has 0 radical (unpaired) electrons. The average Bonchev–Trinajstić information content (AvgIpc) is 3.11. The second-order valence-electron chi connectivity index (χ2n) is 8.33. The summed E-state index contributed by atoms with van der Waals surface area (Å²) in [7, 11) is 0. The molecular weight excluding hydrogens is 390 g/mol. The van der Waals surface area contributed by atoms with Crippen molar-refractivity contribution in [2.75, 3.05) is 18.0 Å². The summed E-state index contributed by atoms with van der Waals surface area (Å²) >= 11 is 1.32. The van der Waals surface area contributed by atoms with Crippen LogP contribution in [0.15, 0.2) is 9.59 Å². The third-order valence-electron chi connectivity index (χ3n) is 5.60. The maximum atomic E-state index is 13.1. The van der Waals surface area contributed by atoms with Crippen LogP contribution in [-0.4, -0.2) is 39.2 Å². The van der Waals surface area contributed by atoms with Crippen LogP contribution < -0.4 is 21.5 Å². The zero-order valence-corrected chi connectivity index (χ0v) is 18.7. The maximum Gasteiger partial charge on any atom is 0.333 e. The van der Waals surface area contributed by atoms with E-state index in [1.54, 1.807) is 13.8 Å². The molecule has 0 aromatic carbocycles. The van der Waals surface area contributed by atoms with E-state index in [1.165, 1.54) is 20.5 Å². The van der Waals surface area contributed by atoms with Crippen molar-refractivity contribution in [3.63, 3.8) is 0 Å². The first-order chi connectivity index (χ1) is 13.7. The van der Waals surface area contributed by atoms with E-state index in [1.807, 2.05) is 13.8 Å². The highest BCUT2D eigenvalue weighted by Crippen LogP contribution is 2.29. The number of carbonyl (C=O) groups is 1. The molecule has 8 nitrogen and oxygen atoms in total. The van der Waals surface area contributed by atoms with Crippen LogP contribution in [0, 0.1) is 5.92 Å². The van der Waals surface area contributed by atoms with Gasteiger partial charge in [-0.05, 0) is 46.0 Å². The topological polar surface area (TPSA) is 89.2 Å². The molecule has 1 fully saturated rings. The fraction of sp³-hybridized carbons (Fsp3) is 0.700. The van der Waals surface area contributed by atoms with Crippen LogP contribution >= 0.6 is 11.3 Å². The van der Waals surface area contributed by atoms with E-state index in [0.717, 1.165) is 37.5 Å². The number of hydrogen-bond acceptors (Lipinski definition) is 6. The van der Waals surface area contributed by atoms with Crippen LogP contribution in [0.2, 0.25) is 0 Å². The molecule has 0 bridgehead atoms. The molecule has 1 atom stereocenters. The summed E-state index contributed by atoms with van der Waals surface area (Å²) in [5.41, 5.74) is -0.497. The SMILES string of the molecule is CCC(C)NC(=O)Cn1c(=O)n(C(C)C)c(=O)c2sc(N3CCC(C)CC3)nc21. The predicted molar refractivity (Wildman–Crippen MR) is 117 cm³/mol. The molecule has 0 saturated carbocycles. The molecule has 3 heterocycles. The van der Waals surface area contributed by atoms with Gasteiger partial charge in [-0.3, -0.25) is 18.7 Å². The van der Waals surface area contributed by atoms with Crippen LogP contribution in [0.5, 0.6) is 0 Å². The van der Waals surface area contributed by atoms with E-state index in [0.29, 0.717) is 16.3 Å². The molecule has 2 aromatic rings. The van der Waals surface area contributed by atoms with Gasteiger partial charge in [-0.1, -0.05) is 25.2 Å². The lowest BCUT2D eigenvalue weighted by molar-refractivity contribution is -0.122. The van der Waals surface area contributed by atoms with Crippen molar-refractivity contribution in [1.82, 2.24) is 19.4 Å². The van der Waals surface area contributed by atoms with E-state index >= 15 is 0 Å². The summed E-state index contributed by atoms with van der Waals surface area (Å²) in [5, 5.41) is 3.64. The third kappa shape index (κ3) is 4.39. The van der Waals surface area contributed by atoms with Crippen molar-refractivity contribution < 1.29 is 4.79 Å². The third-order valence-corrected chi connectivity index (χ3v) is 6.69. The Labute approximate surface area is 174 Å². The van der Waals surface area contributed by atoms with Crippen molar-refractivity contribution in [3.8, 4) is 0 Å². The van der Waals surface area contributed by atoms with Crippen LogP contribution in [0.4, 0.5) is 5.13 Å². The van der Waals surface area contributed by atoms with Crippen LogP contribution in [0.1, 0.15) is 59.9 Å². The zero-order chi connectivity index (χ0) is 21.3. The number of aromatic nitrogens is 3. The number of nitrogens with zero attached hydrogens (tertiary/aromatic N) is 4. The number of amides is 1. The molecule has 2 aromatic heterocycles. The minimum absolute atomic E-state index is 0.0195. The van der Waals surface area contributed by atoms with Gasteiger partial charge in [0.25, 0.3) is 5.56 Å². The molecule has 1 N–H and O–H groups in total. The highest BCUT2D eigenvalue weighted by atomic mass is 32.1. The Hall–Kier alpha value is -2.16. The largest absolute Gasteiger partial charge is 0.352 e. The first-order valence-electron chi connectivity index (χ1n) is 10.4. The van der Waals surface area contributed by atoms with Crippen molar-refractivity contribution >= 4 is 32.7 Å². The van der Waals surface area contributed by atoms with Crippen LogP contribution in [0.3, 0.4) is 0 Å². The first-order valence-corrected chi connectivity index (χ1v) is 11.2. The lowest BCUT2D eigenvalue weighted by Crippen LogP contribution is -2.44. The van der Waals surface area contributed by atoms with Crippen LogP contribution in [0.25, 0.3) is 10.3 Å². The second-order valence-corrected chi connectivity index (χ2v) is 9.31. The Bertz CT molecular complexity index is 998. The summed E-state index contributed by atoms with van der Waals surface area (Å²) in [5.74, 6) is 0.430. The predicted octanol–water partition coefficient (Wildman–Crippen LogP) is 2.35. The van der Waals surface area contributed by atoms with Gasteiger partial charge in [0, 0.05) is 25.2 Å². The molecule has 3 rings (SSSR count).